The first-order valence-electron chi connectivity index (χ1n) is 7.73. The molecule has 0 bridgehead atoms. The predicted molar refractivity (Wildman–Crippen MR) is 99.2 cm³/mol. The van der Waals surface area contributed by atoms with E-state index in [9.17, 15) is 14.4 Å². The van der Waals surface area contributed by atoms with E-state index in [4.69, 9.17) is 11.6 Å². The Morgan fingerprint density at radius 1 is 0.960 bits per heavy atom. The molecule has 0 aliphatic rings. The van der Waals surface area contributed by atoms with Crippen molar-refractivity contribution < 1.29 is 14.4 Å². The molecule has 0 fully saturated rings. The SMILES string of the molecule is CC(=O)c1ccc(NC(=O)CC(=O)Nc2c(C)cc(C)cc2Cl)cc1. The molecule has 2 rings (SSSR count). The monoisotopic (exact) mass is 358 g/mol. The largest absolute Gasteiger partial charge is 0.326 e. The van der Waals surface area contributed by atoms with Crippen LogP contribution in [0.15, 0.2) is 36.4 Å². The molecule has 0 aromatic heterocycles. The first-order chi connectivity index (χ1) is 11.8. The van der Waals surface area contributed by atoms with Gasteiger partial charge in [0.1, 0.15) is 6.42 Å². The summed E-state index contributed by atoms with van der Waals surface area (Å²) in [7, 11) is 0. The molecule has 6 heteroatoms. The van der Waals surface area contributed by atoms with Crippen LogP contribution < -0.4 is 10.6 Å². The molecular weight excluding hydrogens is 340 g/mol. The number of hydrogen-bond donors (Lipinski definition) is 2. The molecular formula is C19H19ClN2O3. The summed E-state index contributed by atoms with van der Waals surface area (Å²) < 4.78 is 0. The van der Waals surface area contributed by atoms with Crippen LogP contribution >= 0.6 is 11.6 Å². The molecule has 25 heavy (non-hydrogen) atoms. The Balaban J connectivity index is 1.96. The normalized spacial score (nSPS) is 10.2. The Kier molecular flexibility index (Phi) is 5.93. The van der Waals surface area contributed by atoms with Gasteiger partial charge in [0.05, 0.1) is 10.7 Å². The maximum absolute atomic E-state index is 12.1. The van der Waals surface area contributed by atoms with E-state index in [-0.39, 0.29) is 12.2 Å². The second-order valence-corrected chi connectivity index (χ2v) is 6.25. The van der Waals surface area contributed by atoms with Crippen molar-refractivity contribution in [2.75, 3.05) is 10.6 Å². The minimum atomic E-state index is -0.452. The molecule has 0 spiro atoms. The summed E-state index contributed by atoms with van der Waals surface area (Å²) in [6.07, 6.45) is -0.335. The lowest BCUT2D eigenvalue weighted by atomic mass is 10.1. The number of anilines is 2. The van der Waals surface area contributed by atoms with Gasteiger partial charge in [-0.1, -0.05) is 17.7 Å². The number of halogens is 1. The van der Waals surface area contributed by atoms with Gasteiger partial charge in [0.2, 0.25) is 11.8 Å². The molecule has 0 unspecified atom stereocenters. The Bertz CT molecular complexity index is 806. The van der Waals surface area contributed by atoms with E-state index >= 15 is 0 Å². The predicted octanol–water partition coefficient (Wildman–Crippen LogP) is 4.13. The molecule has 0 atom stereocenters. The van der Waals surface area contributed by atoms with Gasteiger partial charge in [-0.3, -0.25) is 14.4 Å². The lowest BCUT2D eigenvalue weighted by Gasteiger charge is -2.11. The molecule has 130 valence electrons. The number of nitrogens with one attached hydrogen (secondary N) is 2. The number of carbonyl (C=O) groups is 3. The van der Waals surface area contributed by atoms with Crippen molar-refractivity contribution in [3.05, 3.63) is 58.1 Å². The summed E-state index contributed by atoms with van der Waals surface area (Å²) in [5, 5.41) is 5.73. The third-order valence-electron chi connectivity index (χ3n) is 3.59. The maximum Gasteiger partial charge on any atom is 0.233 e. The number of hydrogen-bond acceptors (Lipinski definition) is 3. The summed E-state index contributed by atoms with van der Waals surface area (Å²) in [5.74, 6) is -0.955. The summed E-state index contributed by atoms with van der Waals surface area (Å²) in [6, 6.07) is 10.1. The van der Waals surface area contributed by atoms with Gasteiger partial charge in [-0.2, -0.15) is 0 Å². The fraction of sp³-hybridized carbons (Fsp3) is 0.211. The van der Waals surface area contributed by atoms with Crippen molar-refractivity contribution in [1.82, 2.24) is 0 Å². The molecule has 2 amide bonds. The number of ketones is 1. The standard InChI is InChI=1S/C19H19ClN2O3/c1-11-8-12(2)19(16(20)9-11)22-18(25)10-17(24)21-15-6-4-14(5-7-15)13(3)23/h4-9H,10H2,1-3H3,(H,21,24)(H,22,25). The quantitative estimate of drug-likeness (QED) is 0.623. The zero-order chi connectivity index (χ0) is 18.6. The summed E-state index contributed by atoms with van der Waals surface area (Å²) in [6.45, 7) is 5.22. The Morgan fingerprint density at radius 3 is 2.12 bits per heavy atom. The first-order valence-corrected chi connectivity index (χ1v) is 8.11. The van der Waals surface area contributed by atoms with Gasteiger partial charge in [0, 0.05) is 11.3 Å². The molecule has 0 heterocycles. The van der Waals surface area contributed by atoms with Crippen molar-refractivity contribution >= 4 is 40.6 Å². The van der Waals surface area contributed by atoms with Crippen LogP contribution in [0.5, 0.6) is 0 Å². The van der Waals surface area contributed by atoms with Crippen molar-refractivity contribution in [2.45, 2.75) is 27.2 Å². The van der Waals surface area contributed by atoms with Gasteiger partial charge >= 0.3 is 0 Å². The fourth-order valence-electron chi connectivity index (χ4n) is 2.40. The van der Waals surface area contributed by atoms with E-state index < -0.39 is 11.8 Å². The van der Waals surface area contributed by atoms with Gasteiger partial charge in [-0.05, 0) is 62.2 Å². The molecule has 0 saturated carbocycles. The lowest BCUT2D eigenvalue weighted by molar-refractivity contribution is -0.123. The Hall–Kier alpha value is -2.66. The van der Waals surface area contributed by atoms with Crippen molar-refractivity contribution in [3.8, 4) is 0 Å². The van der Waals surface area contributed by atoms with Crippen molar-refractivity contribution in [3.63, 3.8) is 0 Å². The molecule has 0 aliphatic heterocycles. The molecule has 2 N–H and O–H groups in total. The van der Waals surface area contributed by atoms with Gasteiger partial charge < -0.3 is 10.6 Å². The number of Topliss-reactive ketones (excluding diaryl/α,β-unsaturated/α-hetero) is 1. The maximum atomic E-state index is 12.1. The highest BCUT2D eigenvalue weighted by Crippen LogP contribution is 2.27. The van der Waals surface area contributed by atoms with Gasteiger partial charge in [0.15, 0.2) is 5.78 Å². The number of rotatable bonds is 5. The Labute approximate surface area is 151 Å². The molecule has 0 radical (unpaired) electrons. The molecule has 0 aliphatic carbocycles. The minimum Gasteiger partial charge on any atom is -0.326 e. The third kappa shape index (κ3) is 5.16. The van der Waals surface area contributed by atoms with Crippen LogP contribution in [0.25, 0.3) is 0 Å². The van der Waals surface area contributed by atoms with E-state index in [1.54, 1.807) is 30.3 Å². The number of benzene rings is 2. The van der Waals surface area contributed by atoms with E-state index in [1.165, 1.54) is 6.92 Å². The van der Waals surface area contributed by atoms with E-state index in [1.807, 2.05) is 19.9 Å². The van der Waals surface area contributed by atoms with Crippen molar-refractivity contribution in [2.24, 2.45) is 0 Å². The average Bonchev–Trinajstić information content (AvgIpc) is 2.51. The average molecular weight is 359 g/mol. The molecule has 5 nitrogen and oxygen atoms in total. The summed E-state index contributed by atoms with van der Waals surface area (Å²) in [5.41, 5.74) is 3.41. The Morgan fingerprint density at radius 2 is 1.56 bits per heavy atom. The molecule has 0 saturated heterocycles. The zero-order valence-electron chi connectivity index (χ0n) is 14.3. The highest BCUT2D eigenvalue weighted by molar-refractivity contribution is 6.34. The van der Waals surface area contributed by atoms with Gasteiger partial charge in [-0.15, -0.1) is 0 Å². The van der Waals surface area contributed by atoms with E-state index in [0.717, 1.165) is 11.1 Å². The van der Waals surface area contributed by atoms with Crippen LogP contribution in [-0.2, 0) is 9.59 Å². The number of amides is 2. The highest BCUT2D eigenvalue weighted by Gasteiger charge is 2.13. The van der Waals surface area contributed by atoms with Crippen LogP contribution in [0.2, 0.25) is 5.02 Å². The summed E-state index contributed by atoms with van der Waals surface area (Å²) >= 11 is 6.14. The van der Waals surface area contributed by atoms with Crippen LogP contribution in [0.4, 0.5) is 11.4 Å². The highest BCUT2D eigenvalue weighted by atomic mass is 35.5. The second-order valence-electron chi connectivity index (χ2n) is 5.85. The molecule has 2 aromatic carbocycles. The molecule has 2 aromatic rings. The van der Waals surface area contributed by atoms with Crippen molar-refractivity contribution in [1.29, 1.82) is 0 Å². The fourth-order valence-corrected chi connectivity index (χ4v) is 2.77. The number of aryl methyl sites for hydroxylation is 2. The van der Waals surface area contributed by atoms with Gasteiger partial charge in [0.25, 0.3) is 0 Å². The van der Waals surface area contributed by atoms with Crippen LogP contribution in [-0.4, -0.2) is 17.6 Å². The van der Waals surface area contributed by atoms with E-state index in [2.05, 4.69) is 10.6 Å². The van der Waals surface area contributed by atoms with Crippen LogP contribution in [0, 0.1) is 13.8 Å². The number of carbonyl (C=O) groups excluding carboxylic acids is 3. The first kappa shape index (κ1) is 18.7. The zero-order valence-corrected chi connectivity index (χ0v) is 15.0. The van der Waals surface area contributed by atoms with E-state index in [0.29, 0.717) is 22.0 Å². The summed E-state index contributed by atoms with van der Waals surface area (Å²) in [4.78, 5) is 35.3. The van der Waals surface area contributed by atoms with Crippen LogP contribution in [0.1, 0.15) is 34.8 Å². The smallest absolute Gasteiger partial charge is 0.233 e. The minimum absolute atomic E-state index is 0.0531. The van der Waals surface area contributed by atoms with Gasteiger partial charge in [-0.25, -0.2) is 0 Å². The second kappa shape index (κ2) is 7.94. The third-order valence-corrected chi connectivity index (χ3v) is 3.89. The topological polar surface area (TPSA) is 75.3 Å². The van der Waals surface area contributed by atoms with Crippen LogP contribution in [0.3, 0.4) is 0 Å². The lowest BCUT2D eigenvalue weighted by Crippen LogP contribution is -2.22.